The zero-order valence-electron chi connectivity index (χ0n) is 19.5. The molecule has 4 aromatic rings. The molecule has 0 unspecified atom stereocenters. The molecule has 3 heterocycles. The Morgan fingerprint density at radius 1 is 1.17 bits per heavy atom. The van der Waals surface area contributed by atoms with Crippen molar-refractivity contribution in [3.05, 3.63) is 71.9 Å². The van der Waals surface area contributed by atoms with Crippen LogP contribution in [-0.4, -0.2) is 64.1 Å². The number of aromatic amines is 1. The lowest BCUT2D eigenvalue weighted by Gasteiger charge is -2.34. The van der Waals surface area contributed by atoms with Crippen molar-refractivity contribution < 1.29 is 4.79 Å². The van der Waals surface area contributed by atoms with Gasteiger partial charge in [-0.15, -0.1) is 0 Å². The van der Waals surface area contributed by atoms with Gasteiger partial charge >= 0.3 is 0 Å². The molecule has 178 valence electrons. The maximum absolute atomic E-state index is 11.9. The lowest BCUT2D eigenvalue weighted by atomic mass is 10.0. The molecule has 1 saturated heterocycles. The minimum absolute atomic E-state index is 0.0282. The molecule has 0 saturated carbocycles. The van der Waals surface area contributed by atoms with Crippen LogP contribution in [0.5, 0.6) is 0 Å². The van der Waals surface area contributed by atoms with Crippen molar-refractivity contribution in [2.75, 3.05) is 43.4 Å². The molecule has 0 amide bonds. The van der Waals surface area contributed by atoms with Crippen LogP contribution in [0.1, 0.15) is 5.56 Å². The fourth-order valence-corrected chi connectivity index (χ4v) is 4.46. The Kier molecular flexibility index (Phi) is 6.48. The first-order chi connectivity index (χ1) is 17.0. The maximum atomic E-state index is 11.9. The Labute approximate surface area is 208 Å². The predicted molar refractivity (Wildman–Crippen MR) is 140 cm³/mol. The number of aromatic nitrogens is 4. The highest BCUT2D eigenvalue weighted by atomic mass is 35.5. The summed E-state index contributed by atoms with van der Waals surface area (Å²) in [5.41, 5.74) is 4.97. The molecule has 9 heteroatoms. The van der Waals surface area contributed by atoms with E-state index in [1.807, 2.05) is 42.5 Å². The third kappa shape index (κ3) is 5.03. The summed E-state index contributed by atoms with van der Waals surface area (Å²) < 4.78 is 0. The SMILES string of the molecule is C=CC(=O)Cc1cccc(-c2nc(Nc3ccc(Cl)c(N4CCN(C)CC4)c3)nc3[nH]ncc23)c1. The molecule has 1 fully saturated rings. The molecule has 1 aliphatic rings. The number of carbonyl (C=O) groups excluding carboxylic acids is 1. The number of hydrogen-bond acceptors (Lipinski definition) is 7. The molecule has 8 nitrogen and oxygen atoms in total. The highest BCUT2D eigenvalue weighted by Crippen LogP contribution is 2.32. The number of piperazine rings is 1. The fraction of sp³-hybridized carbons (Fsp3) is 0.231. The van der Waals surface area contributed by atoms with Crippen molar-refractivity contribution in [2.24, 2.45) is 0 Å². The third-order valence-electron chi connectivity index (χ3n) is 6.16. The van der Waals surface area contributed by atoms with Gasteiger partial charge in [0.2, 0.25) is 5.95 Å². The molecule has 0 radical (unpaired) electrons. The van der Waals surface area contributed by atoms with Gasteiger partial charge in [-0.2, -0.15) is 10.1 Å². The number of fused-ring (bicyclic) bond motifs is 1. The molecular formula is C26H26ClN7O. The Morgan fingerprint density at radius 2 is 2.00 bits per heavy atom. The number of likely N-dealkylation sites (N-methyl/N-ethyl adjacent to an activating group) is 1. The quantitative estimate of drug-likeness (QED) is 0.372. The summed E-state index contributed by atoms with van der Waals surface area (Å²) in [4.78, 5) is 25.9. The van der Waals surface area contributed by atoms with E-state index in [-0.39, 0.29) is 5.78 Å². The van der Waals surface area contributed by atoms with Gasteiger partial charge in [-0.05, 0) is 43.0 Å². The summed E-state index contributed by atoms with van der Waals surface area (Å²) in [6.07, 6.45) is 3.35. The van der Waals surface area contributed by atoms with Gasteiger partial charge in [-0.1, -0.05) is 36.4 Å². The number of ketones is 1. The lowest BCUT2D eigenvalue weighted by Crippen LogP contribution is -2.44. The summed E-state index contributed by atoms with van der Waals surface area (Å²) in [7, 11) is 2.13. The Bertz CT molecular complexity index is 1390. The van der Waals surface area contributed by atoms with E-state index < -0.39 is 0 Å². The largest absolute Gasteiger partial charge is 0.368 e. The Morgan fingerprint density at radius 3 is 2.80 bits per heavy atom. The molecule has 35 heavy (non-hydrogen) atoms. The van der Waals surface area contributed by atoms with Gasteiger partial charge in [-0.25, -0.2) is 4.98 Å². The van der Waals surface area contributed by atoms with E-state index >= 15 is 0 Å². The fourth-order valence-electron chi connectivity index (χ4n) is 4.22. The zero-order valence-corrected chi connectivity index (χ0v) is 20.2. The second-order valence-corrected chi connectivity index (χ2v) is 9.06. The molecule has 1 aliphatic heterocycles. The number of nitrogens with zero attached hydrogens (tertiary/aromatic N) is 5. The molecule has 2 aromatic carbocycles. The number of rotatable bonds is 7. The number of benzene rings is 2. The van der Waals surface area contributed by atoms with E-state index in [4.69, 9.17) is 16.6 Å². The van der Waals surface area contributed by atoms with Crippen molar-refractivity contribution in [2.45, 2.75) is 6.42 Å². The van der Waals surface area contributed by atoms with Crippen LogP contribution in [-0.2, 0) is 11.2 Å². The highest BCUT2D eigenvalue weighted by Gasteiger charge is 2.18. The van der Waals surface area contributed by atoms with Crippen LogP contribution in [0.3, 0.4) is 0 Å². The summed E-state index contributed by atoms with van der Waals surface area (Å²) in [6, 6.07) is 13.6. The Balaban J connectivity index is 1.47. The average molecular weight is 488 g/mol. The minimum Gasteiger partial charge on any atom is -0.368 e. The smallest absolute Gasteiger partial charge is 0.229 e. The van der Waals surface area contributed by atoms with Crippen molar-refractivity contribution >= 4 is 45.7 Å². The summed E-state index contributed by atoms with van der Waals surface area (Å²) in [6.45, 7) is 7.40. The van der Waals surface area contributed by atoms with E-state index in [2.05, 4.69) is 43.9 Å². The monoisotopic (exact) mass is 487 g/mol. The van der Waals surface area contributed by atoms with Crippen LogP contribution in [0.2, 0.25) is 5.02 Å². The second-order valence-electron chi connectivity index (χ2n) is 8.66. The maximum Gasteiger partial charge on any atom is 0.229 e. The number of halogens is 1. The van der Waals surface area contributed by atoms with Gasteiger partial charge in [0.1, 0.15) is 0 Å². The first-order valence-electron chi connectivity index (χ1n) is 11.5. The summed E-state index contributed by atoms with van der Waals surface area (Å²) >= 11 is 6.54. The topological polar surface area (TPSA) is 90.0 Å². The average Bonchev–Trinajstić information content (AvgIpc) is 3.34. The van der Waals surface area contributed by atoms with Gasteiger partial charge in [-0.3, -0.25) is 9.89 Å². The zero-order chi connectivity index (χ0) is 24.4. The van der Waals surface area contributed by atoms with Crippen molar-refractivity contribution in [1.82, 2.24) is 25.1 Å². The molecule has 0 bridgehead atoms. The minimum atomic E-state index is -0.0282. The molecular weight excluding hydrogens is 462 g/mol. The highest BCUT2D eigenvalue weighted by molar-refractivity contribution is 6.33. The van der Waals surface area contributed by atoms with Crippen molar-refractivity contribution in [3.8, 4) is 11.3 Å². The third-order valence-corrected chi connectivity index (χ3v) is 6.48. The predicted octanol–water partition coefficient (Wildman–Crippen LogP) is 4.47. The van der Waals surface area contributed by atoms with Gasteiger partial charge in [0, 0.05) is 43.9 Å². The van der Waals surface area contributed by atoms with Gasteiger partial charge < -0.3 is 15.1 Å². The van der Waals surface area contributed by atoms with Crippen LogP contribution in [0.15, 0.2) is 61.3 Å². The molecule has 0 spiro atoms. The standard InChI is InChI=1S/C26H26ClN7O/c1-3-20(35)14-17-5-4-6-18(13-17)24-21-16-28-32-25(21)31-26(30-24)29-19-7-8-22(27)23(15-19)34-11-9-33(2)10-12-34/h3-8,13,15-16H,1,9-12,14H2,2H3,(H2,28,29,30,31,32). The van der Waals surface area contributed by atoms with E-state index in [0.29, 0.717) is 18.0 Å². The van der Waals surface area contributed by atoms with Crippen LogP contribution < -0.4 is 10.2 Å². The molecule has 2 aromatic heterocycles. The number of carbonyl (C=O) groups is 1. The lowest BCUT2D eigenvalue weighted by molar-refractivity contribution is -0.114. The molecule has 0 atom stereocenters. The number of H-pyrrole nitrogens is 1. The Hall–Kier alpha value is -3.75. The summed E-state index contributed by atoms with van der Waals surface area (Å²) in [5.74, 6) is 0.413. The number of hydrogen-bond donors (Lipinski definition) is 2. The van der Waals surface area contributed by atoms with E-state index in [1.54, 1.807) is 6.20 Å². The van der Waals surface area contributed by atoms with Crippen molar-refractivity contribution in [3.63, 3.8) is 0 Å². The number of anilines is 3. The van der Waals surface area contributed by atoms with Crippen LogP contribution >= 0.6 is 11.6 Å². The van der Waals surface area contributed by atoms with E-state index in [0.717, 1.165) is 64.8 Å². The van der Waals surface area contributed by atoms with Gasteiger partial charge in [0.15, 0.2) is 11.4 Å². The van der Waals surface area contributed by atoms with Crippen LogP contribution in [0.25, 0.3) is 22.3 Å². The van der Waals surface area contributed by atoms with Crippen LogP contribution in [0.4, 0.5) is 17.3 Å². The molecule has 0 aliphatic carbocycles. The number of allylic oxidation sites excluding steroid dienone is 1. The van der Waals surface area contributed by atoms with Crippen molar-refractivity contribution in [1.29, 1.82) is 0 Å². The summed E-state index contributed by atoms with van der Waals surface area (Å²) in [5, 5.41) is 12.0. The van der Waals surface area contributed by atoms with E-state index in [9.17, 15) is 4.79 Å². The first-order valence-corrected chi connectivity index (χ1v) is 11.8. The van der Waals surface area contributed by atoms with Crippen LogP contribution in [0, 0.1) is 0 Å². The number of nitrogens with one attached hydrogen (secondary N) is 2. The normalized spacial score (nSPS) is 14.3. The molecule has 5 rings (SSSR count). The van der Waals surface area contributed by atoms with E-state index in [1.165, 1.54) is 6.08 Å². The van der Waals surface area contributed by atoms with Gasteiger partial charge in [0.05, 0.1) is 28.0 Å². The van der Waals surface area contributed by atoms with Gasteiger partial charge in [0.25, 0.3) is 0 Å². The first kappa shape index (κ1) is 23.0. The second kappa shape index (κ2) is 9.85. The molecule has 2 N–H and O–H groups in total.